The highest BCUT2D eigenvalue weighted by Gasteiger charge is 2.44. The van der Waals surface area contributed by atoms with Gasteiger partial charge in [-0.25, -0.2) is 4.68 Å². The van der Waals surface area contributed by atoms with Crippen LogP contribution >= 0.6 is 0 Å². The number of hydrogen-bond acceptors (Lipinski definition) is 4. The highest BCUT2D eigenvalue weighted by Crippen LogP contribution is 2.47. The van der Waals surface area contributed by atoms with Gasteiger partial charge in [-0.15, -0.1) is 5.10 Å². The molecule has 0 aliphatic heterocycles. The van der Waals surface area contributed by atoms with Crippen LogP contribution in [-0.2, 0) is 11.3 Å². The lowest BCUT2D eigenvalue weighted by Crippen LogP contribution is -2.39. The van der Waals surface area contributed by atoms with E-state index in [4.69, 9.17) is 0 Å². The smallest absolute Gasteiger partial charge is 0.311 e. The van der Waals surface area contributed by atoms with E-state index in [9.17, 15) is 9.90 Å². The number of aromatic nitrogens is 4. The summed E-state index contributed by atoms with van der Waals surface area (Å²) < 4.78 is 1.75. The first-order chi connectivity index (χ1) is 9.52. The van der Waals surface area contributed by atoms with Crippen molar-refractivity contribution >= 4 is 5.97 Å². The Labute approximate surface area is 118 Å². The van der Waals surface area contributed by atoms with Crippen molar-refractivity contribution in [3.8, 4) is 0 Å². The van der Waals surface area contributed by atoms with E-state index in [-0.39, 0.29) is 0 Å². The second-order valence-electron chi connectivity index (χ2n) is 6.78. The third-order valence-corrected chi connectivity index (χ3v) is 5.14. The van der Waals surface area contributed by atoms with Crippen LogP contribution in [0.1, 0.15) is 57.7 Å². The predicted octanol–water partition coefficient (Wildman–Crippen LogP) is 2.08. The van der Waals surface area contributed by atoms with Gasteiger partial charge < -0.3 is 5.11 Å². The summed E-state index contributed by atoms with van der Waals surface area (Å²) in [6.07, 6.45) is 4.51. The molecule has 0 saturated heterocycles. The summed E-state index contributed by atoms with van der Waals surface area (Å²) in [4.78, 5) is 11.8. The van der Waals surface area contributed by atoms with Crippen molar-refractivity contribution in [2.45, 2.75) is 58.4 Å². The first-order valence-corrected chi connectivity index (χ1v) is 7.51. The molecule has 0 aromatic carbocycles. The van der Waals surface area contributed by atoms with Crippen molar-refractivity contribution in [3.05, 3.63) is 5.82 Å². The molecule has 2 fully saturated rings. The van der Waals surface area contributed by atoms with E-state index in [1.807, 2.05) is 0 Å². The summed E-state index contributed by atoms with van der Waals surface area (Å²) >= 11 is 0. The van der Waals surface area contributed by atoms with Crippen LogP contribution in [0.25, 0.3) is 0 Å². The zero-order valence-electron chi connectivity index (χ0n) is 12.1. The Morgan fingerprint density at radius 3 is 2.60 bits per heavy atom. The van der Waals surface area contributed by atoms with Crippen LogP contribution in [0.5, 0.6) is 0 Å². The number of carboxylic acid groups (broad SMARTS) is 1. The number of rotatable bonds is 4. The van der Waals surface area contributed by atoms with Crippen LogP contribution in [0, 0.1) is 17.3 Å². The molecule has 0 spiro atoms. The lowest BCUT2D eigenvalue weighted by Gasteiger charge is -2.35. The summed E-state index contributed by atoms with van der Waals surface area (Å²) in [5.41, 5.74) is -0.686. The number of hydrogen-bond donors (Lipinski definition) is 1. The molecule has 110 valence electrons. The van der Waals surface area contributed by atoms with Gasteiger partial charge in [-0.05, 0) is 54.4 Å². The van der Waals surface area contributed by atoms with E-state index < -0.39 is 11.4 Å². The molecule has 2 aliphatic carbocycles. The van der Waals surface area contributed by atoms with Gasteiger partial charge >= 0.3 is 5.97 Å². The minimum atomic E-state index is -0.699. The monoisotopic (exact) mass is 278 g/mol. The lowest BCUT2D eigenvalue weighted by molar-refractivity contribution is -0.153. The van der Waals surface area contributed by atoms with Gasteiger partial charge in [-0.2, -0.15) is 0 Å². The Balaban J connectivity index is 1.80. The third-order valence-electron chi connectivity index (χ3n) is 5.14. The van der Waals surface area contributed by atoms with Crippen LogP contribution in [0.4, 0.5) is 0 Å². The quantitative estimate of drug-likeness (QED) is 0.912. The van der Waals surface area contributed by atoms with Crippen molar-refractivity contribution in [1.82, 2.24) is 20.2 Å². The Bertz CT molecular complexity index is 505. The maximum atomic E-state index is 11.8. The zero-order valence-corrected chi connectivity index (χ0v) is 12.1. The predicted molar refractivity (Wildman–Crippen MR) is 72.0 cm³/mol. The fourth-order valence-corrected chi connectivity index (χ4v) is 3.31. The van der Waals surface area contributed by atoms with E-state index in [0.29, 0.717) is 24.3 Å². The van der Waals surface area contributed by atoms with Gasteiger partial charge in [-0.3, -0.25) is 4.79 Å². The largest absolute Gasteiger partial charge is 0.481 e. The normalized spacial score (nSPS) is 36.8. The molecule has 0 bridgehead atoms. The summed E-state index contributed by atoms with van der Waals surface area (Å²) in [6.45, 7) is 4.79. The van der Waals surface area contributed by atoms with Gasteiger partial charge in [0.25, 0.3) is 0 Å². The van der Waals surface area contributed by atoms with Gasteiger partial charge in [-0.1, -0.05) is 13.8 Å². The average molecular weight is 278 g/mol. The summed E-state index contributed by atoms with van der Waals surface area (Å²) in [5, 5.41) is 21.6. The standard InChI is InChI=1S/C14H22N4O2/c1-9-3-5-14(6-4-9,13(19)20)8-18-12(15-16-17-18)11-7-10(11)2/h9-11H,3-8H2,1-2H3,(H,19,20). The van der Waals surface area contributed by atoms with Crippen molar-refractivity contribution in [1.29, 1.82) is 0 Å². The van der Waals surface area contributed by atoms with E-state index in [1.165, 1.54) is 0 Å². The maximum Gasteiger partial charge on any atom is 0.311 e. The average Bonchev–Trinajstić information content (AvgIpc) is 2.96. The molecule has 3 rings (SSSR count). The lowest BCUT2D eigenvalue weighted by atomic mass is 9.71. The SMILES string of the molecule is CC1CCC(Cn2nnnc2C2CC2C)(C(=O)O)CC1. The molecule has 1 heterocycles. The van der Waals surface area contributed by atoms with E-state index in [1.54, 1.807) is 4.68 Å². The molecule has 1 aromatic rings. The van der Waals surface area contributed by atoms with Crippen molar-refractivity contribution in [2.24, 2.45) is 17.3 Å². The number of carboxylic acids is 1. The fraction of sp³-hybridized carbons (Fsp3) is 0.857. The minimum Gasteiger partial charge on any atom is -0.481 e. The molecule has 2 unspecified atom stereocenters. The van der Waals surface area contributed by atoms with Crippen LogP contribution in [0.2, 0.25) is 0 Å². The van der Waals surface area contributed by atoms with Crippen LogP contribution in [0.15, 0.2) is 0 Å². The summed E-state index contributed by atoms with van der Waals surface area (Å²) in [6, 6.07) is 0. The molecular formula is C14H22N4O2. The van der Waals surface area contributed by atoms with Crippen LogP contribution in [-0.4, -0.2) is 31.3 Å². The van der Waals surface area contributed by atoms with Crippen LogP contribution < -0.4 is 0 Å². The first-order valence-electron chi connectivity index (χ1n) is 7.51. The highest BCUT2D eigenvalue weighted by atomic mass is 16.4. The van der Waals surface area contributed by atoms with Gasteiger partial charge in [0.1, 0.15) is 0 Å². The minimum absolute atomic E-state index is 0.415. The van der Waals surface area contributed by atoms with Gasteiger partial charge in [0.2, 0.25) is 0 Å². The van der Waals surface area contributed by atoms with Crippen molar-refractivity contribution in [3.63, 3.8) is 0 Å². The fourth-order valence-electron chi connectivity index (χ4n) is 3.31. The van der Waals surface area contributed by atoms with E-state index in [0.717, 1.165) is 37.9 Å². The molecule has 6 nitrogen and oxygen atoms in total. The molecular weight excluding hydrogens is 256 g/mol. The third kappa shape index (κ3) is 2.31. The topological polar surface area (TPSA) is 80.9 Å². The van der Waals surface area contributed by atoms with Gasteiger partial charge in [0.15, 0.2) is 5.82 Å². The Kier molecular flexibility index (Phi) is 3.26. The first kappa shape index (κ1) is 13.5. The number of aliphatic carboxylic acids is 1. The Morgan fingerprint density at radius 1 is 1.40 bits per heavy atom. The zero-order chi connectivity index (χ0) is 14.3. The van der Waals surface area contributed by atoms with Crippen LogP contribution in [0.3, 0.4) is 0 Å². The summed E-state index contributed by atoms with van der Waals surface area (Å²) in [5.74, 6) is 1.83. The second kappa shape index (κ2) is 4.82. The number of nitrogens with zero attached hydrogens (tertiary/aromatic N) is 4. The molecule has 0 amide bonds. The van der Waals surface area contributed by atoms with E-state index >= 15 is 0 Å². The molecule has 0 radical (unpaired) electrons. The maximum absolute atomic E-state index is 11.8. The molecule has 2 atom stereocenters. The molecule has 6 heteroatoms. The molecule has 1 aromatic heterocycles. The molecule has 2 saturated carbocycles. The second-order valence-corrected chi connectivity index (χ2v) is 6.78. The van der Waals surface area contributed by atoms with E-state index in [2.05, 4.69) is 29.4 Å². The Hall–Kier alpha value is -1.46. The molecule has 1 N–H and O–H groups in total. The number of tetrazole rings is 1. The number of carbonyl (C=O) groups is 1. The van der Waals surface area contributed by atoms with Gasteiger partial charge in [0.05, 0.1) is 12.0 Å². The molecule has 2 aliphatic rings. The highest BCUT2D eigenvalue weighted by molar-refractivity contribution is 5.74. The van der Waals surface area contributed by atoms with Crippen molar-refractivity contribution in [2.75, 3.05) is 0 Å². The van der Waals surface area contributed by atoms with Gasteiger partial charge in [0, 0.05) is 5.92 Å². The Morgan fingerprint density at radius 2 is 2.05 bits per heavy atom. The summed E-state index contributed by atoms with van der Waals surface area (Å²) in [7, 11) is 0. The molecule has 20 heavy (non-hydrogen) atoms. The van der Waals surface area contributed by atoms with Crippen molar-refractivity contribution < 1.29 is 9.90 Å².